The van der Waals surface area contributed by atoms with E-state index < -0.39 is 6.10 Å². The summed E-state index contributed by atoms with van der Waals surface area (Å²) in [5, 5.41) is 15.2. The molecule has 2 aromatic rings. The predicted molar refractivity (Wildman–Crippen MR) is 83.8 cm³/mol. The molecule has 110 valence electrons. The summed E-state index contributed by atoms with van der Waals surface area (Å²) in [5.41, 5.74) is 2.04. The van der Waals surface area contributed by atoms with Crippen molar-refractivity contribution in [3.05, 3.63) is 54.4 Å². The summed E-state index contributed by atoms with van der Waals surface area (Å²) in [6.07, 6.45) is 2.54. The van der Waals surface area contributed by atoms with Crippen molar-refractivity contribution in [2.75, 3.05) is 23.1 Å². The third-order valence-corrected chi connectivity index (χ3v) is 3.14. The van der Waals surface area contributed by atoms with E-state index in [4.69, 9.17) is 11.6 Å². The summed E-state index contributed by atoms with van der Waals surface area (Å²) in [6.45, 7) is 0.380. The van der Waals surface area contributed by atoms with Crippen LogP contribution in [0.3, 0.4) is 0 Å². The second-order valence-corrected chi connectivity index (χ2v) is 4.77. The Morgan fingerprint density at radius 1 is 1.24 bits per heavy atom. The molecule has 2 rings (SSSR count). The van der Waals surface area contributed by atoms with E-state index >= 15 is 0 Å². The summed E-state index contributed by atoms with van der Waals surface area (Å²) in [6, 6.07) is 10.6. The van der Waals surface area contributed by atoms with Gasteiger partial charge >= 0.3 is 0 Å². The third kappa shape index (κ3) is 4.73. The molecule has 21 heavy (non-hydrogen) atoms. The quantitative estimate of drug-likeness (QED) is 0.716. The van der Waals surface area contributed by atoms with Crippen LogP contribution in [0.15, 0.2) is 48.8 Å². The van der Waals surface area contributed by atoms with Crippen molar-refractivity contribution in [3.63, 3.8) is 0 Å². The number of aliphatic hydroxyl groups excluding tert-OH is 1. The standard InChI is InChI=1S/C15H16ClN3O2/c16-8-14(20)10-18-12-3-5-13(6-4-12)19-15(21)11-2-1-7-17-9-11/h1-7,9,14,18,20H,8,10H2,(H,19,21). The smallest absolute Gasteiger partial charge is 0.257 e. The summed E-state index contributed by atoms with van der Waals surface area (Å²) >= 11 is 5.52. The second kappa shape index (κ2) is 7.61. The zero-order chi connectivity index (χ0) is 15.1. The number of hydrogen-bond donors (Lipinski definition) is 3. The number of nitrogens with one attached hydrogen (secondary N) is 2. The molecule has 3 N–H and O–H groups in total. The minimum Gasteiger partial charge on any atom is -0.390 e. The van der Waals surface area contributed by atoms with Gasteiger partial charge in [0, 0.05) is 30.3 Å². The van der Waals surface area contributed by atoms with Gasteiger partial charge in [0.25, 0.3) is 5.91 Å². The molecule has 0 aliphatic heterocycles. The molecular weight excluding hydrogens is 290 g/mol. The fourth-order valence-corrected chi connectivity index (χ4v) is 1.77. The molecule has 5 nitrogen and oxygen atoms in total. The first-order valence-corrected chi connectivity index (χ1v) is 7.02. The van der Waals surface area contributed by atoms with Crippen molar-refractivity contribution < 1.29 is 9.90 Å². The van der Waals surface area contributed by atoms with Gasteiger partial charge < -0.3 is 15.7 Å². The van der Waals surface area contributed by atoms with E-state index in [9.17, 15) is 9.90 Å². The zero-order valence-electron chi connectivity index (χ0n) is 11.3. The number of benzene rings is 1. The van der Waals surface area contributed by atoms with Crippen LogP contribution in [0.4, 0.5) is 11.4 Å². The van der Waals surface area contributed by atoms with E-state index in [2.05, 4.69) is 15.6 Å². The number of carbonyl (C=O) groups is 1. The fraction of sp³-hybridized carbons (Fsp3) is 0.200. The number of amides is 1. The number of rotatable bonds is 6. The first-order valence-electron chi connectivity index (χ1n) is 6.48. The van der Waals surface area contributed by atoms with Crippen molar-refractivity contribution >= 4 is 28.9 Å². The Bertz CT molecular complexity index is 575. The van der Waals surface area contributed by atoms with E-state index in [1.165, 1.54) is 6.20 Å². The molecule has 0 fully saturated rings. The summed E-state index contributed by atoms with van der Waals surface area (Å²) in [4.78, 5) is 15.8. The van der Waals surface area contributed by atoms with Crippen molar-refractivity contribution in [1.29, 1.82) is 0 Å². The molecule has 1 aromatic carbocycles. The van der Waals surface area contributed by atoms with Crippen LogP contribution < -0.4 is 10.6 Å². The lowest BCUT2D eigenvalue weighted by molar-refractivity contribution is 0.102. The van der Waals surface area contributed by atoms with Crippen molar-refractivity contribution in [2.45, 2.75) is 6.10 Å². The van der Waals surface area contributed by atoms with Crippen LogP contribution in [0.25, 0.3) is 0 Å². The van der Waals surface area contributed by atoms with Crippen LogP contribution in [-0.4, -0.2) is 34.5 Å². The molecule has 0 saturated heterocycles. The maximum absolute atomic E-state index is 11.9. The van der Waals surface area contributed by atoms with Crippen LogP contribution in [0.1, 0.15) is 10.4 Å². The largest absolute Gasteiger partial charge is 0.390 e. The van der Waals surface area contributed by atoms with Gasteiger partial charge in [-0.3, -0.25) is 9.78 Å². The average Bonchev–Trinajstić information content (AvgIpc) is 2.54. The van der Waals surface area contributed by atoms with Crippen molar-refractivity contribution in [1.82, 2.24) is 4.98 Å². The second-order valence-electron chi connectivity index (χ2n) is 4.46. The number of halogens is 1. The van der Waals surface area contributed by atoms with E-state index in [1.807, 2.05) is 12.1 Å². The number of aromatic nitrogens is 1. The SMILES string of the molecule is O=C(Nc1ccc(NCC(O)CCl)cc1)c1cccnc1. The van der Waals surface area contributed by atoms with E-state index in [0.717, 1.165) is 5.69 Å². The first kappa shape index (κ1) is 15.3. The number of hydrogen-bond acceptors (Lipinski definition) is 4. The molecule has 1 unspecified atom stereocenters. The number of aliphatic hydroxyl groups is 1. The van der Waals surface area contributed by atoms with Crippen molar-refractivity contribution in [3.8, 4) is 0 Å². The van der Waals surface area contributed by atoms with Crippen molar-refractivity contribution in [2.24, 2.45) is 0 Å². The lowest BCUT2D eigenvalue weighted by atomic mass is 10.2. The number of anilines is 2. The molecule has 6 heteroatoms. The fourth-order valence-electron chi connectivity index (χ4n) is 1.66. The molecule has 0 radical (unpaired) electrons. The van der Waals surface area contributed by atoms with E-state index in [1.54, 1.807) is 30.5 Å². The Morgan fingerprint density at radius 2 is 1.95 bits per heavy atom. The molecule has 0 aliphatic rings. The van der Waals surface area contributed by atoms with Gasteiger partial charge in [0.1, 0.15) is 0 Å². The van der Waals surface area contributed by atoms with E-state index in [0.29, 0.717) is 17.8 Å². The Morgan fingerprint density at radius 3 is 2.57 bits per heavy atom. The number of pyridine rings is 1. The van der Waals surface area contributed by atoms with Crippen LogP contribution in [0.2, 0.25) is 0 Å². The maximum atomic E-state index is 11.9. The molecular formula is C15H16ClN3O2. The lowest BCUT2D eigenvalue weighted by Gasteiger charge is -2.11. The van der Waals surface area contributed by atoms with Gasteiger partial charge in [0.05, 0.1) is 17.5 Å². The van der Waals surface area contributed by atoms with Crippen LogP contribution in [0.5, 0.6) is 0 Å². The predicted octanol–water partition coefficient (Wildman–Crippen LogP) is 2.35. The first-order chi connectivity index (χ1) is 10.2. The highest BCUT2D eigenvalue weighted by Crippen LogP contribution is 2.14. The number of carbonyl (C=O) groups excluding carboxylic acids is 1. The minimum absolute atomic E-state index is 0.187. The summed E-state index contributed by atoms with van der Waals surface area (Å²) in [7, 11) is 0. The van der Waals surface area contributed by atoms with Gasteiger partial charge in [-0.25, -0.2) is 0 Å². The average molecular weight is 306 g/mol. The molecule has 0 saturated carbocycles. The molecule has 1 heterocycles. The summed E-state index contributed by atoms with van der Waals surface area (Å²) in [5.74, 6) is -0.0203. The Balaban J connectivity index is 1.92. The van der Waals surface area contributed by atoms with Crippen LogP contribution in [-0.2, 0) is 0 Å². The molecule has 1 amide bonds. The van der Waals surface area contributed by atoms with Gasteiger partial charge in [-0.05, 0) is 36.4 Å². The van der Waals surface area contributed by atoms with Crippen LogP contribution >= 0.6 is 11.6 Å². The highest BCUT2D eigenvalue weighted by Gasteiger charge is 2.06. The van der Waals surface area contributed by atoms with Crippen LogP contribution in [0, 0.1) is 0 Å². The molecule has 1 aromatic heterocycles. The topological polar surface area (TPSA) is 74.2 Å². The Hall–Kier alpha value is -2.11. The minimum atomic E-state index is -0.586. The Labute approximate surface area is 128 Å². The third-order valence-electron chi connectivity index (χ3n) is 2.79. The van der Waals surface area contributed by atoms with Gasteiger partial charge in [-0.2, -0.15) is 0 Å². The maximum Gasteiger partial charge on any atom is 0.257 e. The number of nitrogens with zero attached hydrogens (tertiary/aromatic N) is 1. The Kier molecular flexibility index (Phi) is 5.54. The zero-order valence-corrected chi connectivity index (χ0v) is 12.0. The van der Waals surface area contributed by atoms with Gasteiger partial charge in [0.2, 0.25) is 0 Å². The lowest BCUT2D eigenvalue weighted by Crippen LogP contribution is -2.20. The van der Waals surface area contributed by atoms with E-state index in [-0.39, 0.29) is 11.8 Å². The van der Waals surface area contributed by atoms with Gasteiger partial charge in [-0.15, -0.1) is 11.6 Å². The highest BCUT2D eigenvalue weighted by atomic mass is 35.5. The summed E-state index contributed by atoms with van der Waals surface area (Å²) < 4.78 is 0. The van der Waals surface area contributed by atoms with Gasteiger partial charge in [0.15, 0.2) is 0 Å². The number of alkyl halides is 1. The monoisotopic (exact) mass is 305 g/mol. The van der Waals surface area contributed by atoms with Gasteiger partial charge in [-0.1, -0.05) is 0 Å². The molecule has 0 spiro atoms. The highest BCUT2D eigenvalue weighted by molar-refractivity contribution is 6.18. The normalized spacial score (nSPS) is 11.7. The molecule has 1 atom stereocenters. The molecule has 0 bridgehead atoms. The molecule has 0 aliphatic carbocycles.